The van der Waals surface area contributed by atoms with E-state index in [0.717, 1.165) is 16.6 Å². The van der Waals surface area contributed by atoms with Crippen molar-refractivity contribution in [2.24, 2.45) is 5.84 Å². The summed E-state index contributed by atoms with van der Waals surface area (Å²) in [7, 11) is 0. The topological polar surface area (TPSA) is 63.8 Å². The van der Waals surface area contributed by atoms with E-state index >= 15 is 0 Å². The molecule has 0 radical (unpaired) electrons. The van der Waals surface area contributed by atoms with Crippen molar-refractivity contribution in [3.8, 4) is 0 Å². The fraction of sp³-hybridized carbons (Fsp3) is 0.125. The zero-order chi connectivity index (χ0) is 14.7. The van der Waals surface area contributed by atoms with E-state index in [4.69, 9.17) is 5.84 Å². The van der Waals surface area contributed by atoms with Gasteiger partial charge in [0.2, 0.25) is 0 Å². The Morgan fingerprint density at radius 1 is 1.14 bits per heavy atom. The lowest BCUT2D eigenvalue weighted by Crippen LogP contribution is -2.30. The highest BCUT2D eigenvalue weighted by molar-refractivity contribution is 5.78. The lowest BCUT2D eigenvalue weighted by Gasteiger charge is -2.15. The van der Waals surface area contributed by atoms with Gasteiger partial charge in [0.25, 0.3) is 0 Å². The number of fused-ring (bicyclic) bond motifs is 1. The predicted molar refractivity (Wildman–Crippen MR) is 79.7 cm³/mol. The van der Waals surface area contributed by atoms with Gasteiger partial charge in [0.15, 0.2) is 0 Å². The van der Waals surface area contributed by atoms with E-state index in [1.54, 1.807) is 6.20 Å². The van der Waals surface area contributed by atoms with Gasteiger partial charge in [-0.3, -0.25) is 21.2 Å². The molecule has 1 aromatic carbocycles. The summed E-state index contributed by atoms with van der Waals surface area (Å²) in [6.45, 7) is 0. The highest BCUT2D eigenvalue weighted by Crippen LogP contribution is 2.19. The minimum Gasteiger partial charge on any atom is -0.271 e. The van der Waals surface area contributed by atoms with Crippen LogP contribution >= 0.6 is 0 Å². The molecule has 0 spiro atoms. The van der Waals surface area contributed by atoms with Crippen LogP contribution < -0.4 is 11.3 Å². The van der Waals surface area contributed by atoms with Gasteiger partial charge in [-0.1, -0.05) is 24.3 Å². The molecule has 2 heterocycles. The number of hydrazine groups is 1. The van der Waals surface area contributed by atoms with Gasteiger partial charge in [-0.15, -0.1) is 0 Å². The number of hydrogen-bond acceptors (Lipinski definition) is 4. The molecule has 106 valence electrons. The van der Waals surface area contributed by atoms with Gasteiger partial charge >= 0.3 is 0 Å². The molecule has 3 rings (SSSR count). The van der Waals surface area contributed by atoms with Crippen LogP contribution in [-0.2, 0) is 6.42 Å². The molecular formula is C16H15FN4. The van der Waals surface area contributed by atoms with Crippen LogP contribution in [0.25, 0.3) is 10.9 Å². The van der Waals surface area contributed by atoms with Gasteiger partial charge in [0, 0.05) is 23.7 Å². The highest BCUT2D eigenvalue weighted by Gasteiger charge is 2.13. The summed E-state index contributed by atoms with van der Waals surface area (Å²) < 4.78 is 13.3. The van der Waals surface area contributed by atoms with Gasteiger partial charge in [-0.25, -0.2) is 4.39 Å². The third-order valence-corrected chi connectivity index (χ3v) is 3.40. The van der Waals surface area contributed by atoms with E-state index in [2.05, 4.69) is 15.4 Å². The van der Waals surface area contributed by atoms with E-state index in [-0.39, 0.29) is 11.9 Å². The molecule has 1 unspecified atom stereocenters. The van der Waals surface area contributed by atoms with Gasteiger partial charge < -0.3 is 0 Å². The SMILES string of the molecule is NNC(Cc1ccc2ccccc2n1)c1cncc(F)c1. The number of benzene rings is 1. The van der Waals surface area contributed by atoms with Crippen molar-refractivity contribution in [2.45, 2.75) is 12.5 Å². The van der Waals surface area contributed by atoms with Crippen molar-refractivity contribution < 1.29 is 4.39 Å². The van der Waals surface area contributed by atoms with Crippen LogP contribution in [-0.4, -0.2) is 9.97 Å². The number of nitrogens with two attached hydrogens (primary N) is 1. The molecule has 21 heavy (non-hydrogen) atoms. The first-order valence-electron chi connectivity index (χ1n) is 6.67. The molecule has 3 N–H and O–H groups in total. The second-order valence-electron chi connectivity index (χ2n) is 4.86. The molecule has 0 amide bonds. The largest absolute Gasteiger partial charge is 0.271 e. The monoisotopic (exact) mass is 282 g/mol. The first kappa shape index (κ1) is 13.6. The highest BCUT2D eigenvalue weighted by atomic mass is 19.1. The Labute approximate surface area is 121 Å². The normalized spacial score (nSPS) is 12.5. The Bertz CT molecular complexity index is 760. The summed E-state index contributed by atoms with van der Waals surface area (Å²) in [6, 6.07) is 13.1. The fourth-order valence-corrected chi connectivity index (χ4v) is 2.32. The van der Waals surface area contributed by atoms with Gasteiger partial charge in [-0.05, 0) is 23.8 Å². The molecule has 1 atom stereocenters. The second kappa shape index (κ2) is 5.95. The Morgan fingerprint density at radius 3 is 2.81 bits per heavy atom. The van der Waals surface area contributed by atoms with Crippen molar-refractivity contribution in [3.05, 3.63) is 71.9 Å². The first-order valence-corrected chi connectivity index (χ1v) is 6.67. The molecule has 0 aliphatic rings. The molecule has 0 saturated carbocycles. The minimum absolute atomic E-state index is 0.234. The van der Waals surface area contributed by atoms with Crippen LogP contribution in [0.2, 0.25) is 0 Å². The fourth-order valence-electron chi connectivity index (χ4n) is 2.32. The van der Waals surface area contributed by atoms with Crippen molar-refractivity contribution in [3.63, 3.8) is 0 Å². The zero-order valence-electron chi connectivity index (χ0n) is 11.3. The van der Waals surface area contributed by atoms with Crippen LogP contribution in [0.5, 0.6) is 0 Å². The summed E-state index contributed by atoms with van der Waals surface area (Å²) >= 11 is 0. The second-order valence-corrected chi connectivity index (χ2v) is 4.86. The smallest absolute Gasteiger partial charge is 0.141 e. The van der Waals surface area contributed by atoms with Crippen LogP contribution in [0.4, 0.5) is 4.39 Å². The number of nitrogens with zero attached hydrogens (tertiary/aromatic N) is 2. The lowest BCUT2D eigenvalue weighted by atomic mass is 10.0. The van der Waals surface area contributed by atoms with E-state index in [0.29, 0.717) is 12.0 Å². The maximum absolute atomic E-state index is 13.3. The third-order valence-electron chi connectivity index (χ3n) is 3.40. The number of rotatable bonds is 4. The number of aromatic nitrogens is 2. The van der Waals surface area contributed by atoms with E-state index in [9.17, 15) is 4.39 Å². The van der Waals surface area contributed by atoms with Gasteiger partial charge in [-0.2, -0.15) is 0 Å². The Hall–Kier alpha value is -2.37. The van der Waals surface area contributed by atoms with Gasteiger partial charge in [0.1, 0.15) is 5.82 Å². The minimum atomic E-state index is -0.376. The van der Waals surface area contributed by atoms with Crippen LogP contribution in [0, 0.1) is 5.82 Å². The molecule has 5 heteroatoms. The molecule has 0 saturated heterocycles. The van der Waals surface area contributed by atoms with Crippen molar-refractivity contribution in [2.75, 3.05) is 0 Å². The van der Waals surface area contributed by atoms with E-state index < -0.39 is 0 Å². The molecule has 4 nitrogen and oxygen atoms in total. The Morgan fingerprint density at radius 2 is 2.00 bits per heavy atom. The summed E-state index contributed by atoms with van der Waals surface area (Å²) in [4.78, 5) is 8.45. The molecule has 0 fully saturated rings. The standard InChI is InChI=1S/C16H15FN4/c17-13-7-12(9-19-10-13)16(21-18)8-14-6-5-11-3-1-2-4-15(11)20-14/h1-7,9-10,16,21H,8,18H2. The summed E-state index contributed by atoms with van der Waals surface area (Å²) in [5.74, 6) is 5.21. The average Bonchev–Trinajstić information content (AvgIpc) is 2.52. The maximum Gasteiger partial charge on any atom is 0.141 e. The summed E-state index contributed by atoms with van der Waals surface area (Å²) in [5, 5.41) is 1.09. The Kier molecular flexibility index (Phi) is 3.85. The van der Waals surface area contributed by atoms with Crippen LogP contribution in [0.3, 0.4) is 0 Å². The van der Waals surface area contributed by atoms with Crippen molar-refractivity contribution in [1.82, 2.24) is 15.4 Å². The molecule has 0 aliphatic heterocycles. The molecular weight excluding hydrogens is 267 g/mol. The number of nitrogens with one attached hydrogen (secondary N) is 1. The number of pyridine rings is 2. The quantitative estimate of drug-likeness (QED) is 0.570. The van der Waals surface area contributed by atoms with Crippen LogP contribution in [0.15, 0.2) is 54.9 Å². The van der Waals surface area contributed by atoms with Crippen molar-refractivity contribution in [1.29, 1.82) is 0 Å². The van der Waals surface area contributed by atoms with E-state index in [1.165, 1.54) is 12.3 Å². The number of hydrogen-bond donors (Lipinski definition) is 2. The number of halogens is 1. The Balaban J connectivity index is 1.88. The van der Waals surface area contributed by atoms with Crippen molar-refractivity contribution >= 4 is 10.9 Å². The van der Waals surface area contributed by atoms with E-state index in [1.807, 2.05) is 36.4 Å². The molecule has 2 aromatic heterocycles. The molecule has 0 aliphatic carbocycles. The summed E-state index contributed by atoms with van der Waals surface area (Å²) in [5.41, 5.74) is 5.22. The average molecular weight is 282 g/mol. The molecule has 0 bridgehead atoms. The third kappa shape index (κ3) is 3.04. The first-order chi connectivity index (χ1) is 10.3. The lowest BCUT2D eigenvalue weighted by molar-refractivity contribution is 0.536. The zero-order valence-corrected chi connectivity index (χ0v) is 11.3. The summed E-state index contributed by atoms with van der Waals surface area (Å²) in [6.07, 6.45) is 3.34. The van der Waals surface area contributed by atoms with Crippen LogP contribution in [0.1, 0.15) is 17.3 Å². The molecule has 3 aromatic rings. The predicted octanol–water partition coefficient (Wildman–Crippen LogP) is 2.52. The number of para-hydroxylation sites is 1. The maximum atomic E-state index is 13.3. The van der Waals surface area contributed by atoms with Gasteiger partial charge in [0.05, 0.1) is 17.8 Å².